The van der Waals surface area contributed by atoms with E-state index in [4.69, 9.17) is 0 Å². The molecule has 1 heterocycles. The Morgan fingerprint density at radius 3 is 2.33 bits per heavy atom. The van der Waals surface area contributed by atoms with Gasteiger partial charge in [0.05, 0.1) is 5.69 Å². The summed E-state index contributed by atoms with van der Waals surface area (Å²) in [7, 11) is 0. The number of hydrogen-bond donors (Lipinski definition) is 2. The third-order valence-electron chi connectivity index (χ3n) is 4.43. The zero-order valence-electron chi connectivity index (χ0n) is 10.3. The number of nitrogens with zero attached hydrogens (tertiary/aromatic N) is 1. The fourth-order valence-corrected chi connectivity index (χ4v) is 2.46. The van der Waals surface area contributed by atoms with Crippen LogP contribution in [0.25, 0.3) is 0 Å². The quantitative estimate of drug-likeness (QED) is 0.799. The number of nitrogens with one attached hydrogen (secondary N) is 2. The van der Waals surface area contributed by atoms with Gasteiger partial charge in [-0.05, 0) is 23.8 Å². The van der Waals surface area contributed by atoms with Crippen molar-refractivity contribution in [2.75, 3.05) is 0 Å². The summed E-state index contributed by atoms with van der Waals surface area (Å²) in [4.78, 5) is 0. The van der Waals surface area contributed by atoms with Gasteiger partial charge in [-0.25, -0.2) is 0 Å². The van der Waals surface area contributed by atoms with Crippen molar-refractivity contribution in [2.45, 2.75) is 46.7 Å². The molecule has 3 nitrogen and oxygen atoms in total. The van der Waals surface area contributed by atoms with Crippen LogP contribution in [-0.4, -0.2) is 16.2 Å². The highest BCUT2D eigenvalue weighted by molar-refractivity contribution is 5.19. The Hall–Kier alpha value is -0.830. The van der Waals surface area contributed by atoms with Crippen LogP contribution in [0.2, 0.25) is 0 Å². The molecule has 2 N–H and O–H groups in total. The van der Waals surface area contributed by atoms with Gasteiger partial charge in [-0.15, -0.1) is 0 Å². The molecule has 0 bridgehead atoms. The molecule has 0 aromatic carbocycles. The topological polar surface area (TPSA) is 40.7 Å². The number of aromatic amines is 1. The molecule has 0 saturated heterocycles. The Labute approximate surface area is 91.7 Å². The van der Waals surface area contributed by atoms with E-state index in [-0.39, 0.29) is 0 Å². The Bertz CT molecular complexity index is 324. The van der Waals surface area contributed by atoms with Gasteiger partial charge >= 0.3 is 0 Å². The molecule has 1 unspecified atom stereocenters. The van der Waals surface area contributed by atoms with E-state index < -0.39 is 0 Å². The van der Waals surface area contributed by atoms with Crippen LogP contribution in [0.1, 0.15) is 46.4 Å². The normalized spacial score (nSPS) is 25.1. The van der Waals surface area contributed by atoms with E-state index in [1.54, 1.807) is 6.20 Å². The minimum absolute atomic E-state index is 0.346. The zero-order chi connectivity index (χ0) is 11.3. The maximum absolute atomic E-state index is 3.98. The molecule has 0 amide bonds. The number of aromatic nitrogens is 2. The fourth-order valence-electron chi connectivity index (χ4n) is 2.46. The lowest BCUT2D eigenvalue weighted by atomic mass is 10.0. The average molecular weight is 207 g/mol. The fraction of sp³-hybridized carbons (Fsp3) is 0.750. The van der Waals surface area contributed by atoms with Crippen molar-refractivity contribution >= 4 is 0 Å². The molecule has 0 spiro atoms. The summed E-state index contributed by atoms with van der Waals surface area (Å²) in [5.74, 6) is 0. The molecule has 1 saturated carbocycles. The highest BCUT2D eigenvalue weighted by atomic mass is 15.1. The summed E-state index contributed by atoms with van der Waals surface area (Å²) in [5.41, 5.74) is 1.94. The first-order chi connectivity index (χ1) is 6.87. The van der Waals surface area contributed by atoms with Gasteiger partial charge in [0, 0.05) is 18.3 Å². The molecular weight excluding hydrogens is 186 g/mol. The molecule has 0 aliphatic heterocycles. The maximum Gasteiger partial charge on any atom is 0.0518 e. The second kappa shape index (κ2) is 3.08. The Balaban J connectivity index is 2.01. The minimum atomic E-state index is 0.346. The van der Waals surface area contributed by atoms with Crippen LogP contribution in [0.5, 0.6) is 0 Å². The summed E-state index contributed by atoms with van der Waals surface area (Å²) in [6, 6.07) is 2.96. The number of rotatable bonds is 3. The van der Waals surface area contributed by atoms with Gasteiger partial charge in [0.1, 0.15) is 0 Å². The molecule has 1 fully saturated rings. The van der Waals surface area contributed by atoms with Gasteiger partial charge in [-0.3, -0.25) is 5.10 Å². The third kappa shape index (κ3) is 1.49. The van der Waals surface area contributed by atoms with E-state index in [1.165, 1.54) is 0 Å². The van der Waals surface area contributed by atoms with Crippen LogP contribution in [0.15, 0.2) is 12.3 Å². The standard InChI is InChI=1S/C12H21N3/c1-8(9-6-7-13-15-9)14-10-11(2,3)12(10,4)5/h6-8,10,14H,1-5H3,(H,13,15). The summed E-state index contributed by atoms with van der Waals surface area (Å²) >= 11 is 0. The van der Waals surface area contributed by atoms with Gasteiger partial charge in [-0.2, -0.15) is 5.10 Å². The molecule has 2 rings (SSSR count). The highest BCUT2D eigenvalue weighted by Crippen LogP contribution is 2.63. The predicted octanol–water partition coefficient (Wildman–Crippen LogP) is 2.49. The molecular formula is C12H21N3. The van der Waals surface area contributed by atoms with Crippen LogP contribution < -0.4 is 5.32 Å². The SMILES string of the molecule is CC(NC1C(C)(C)C1(C)C)c1ccn[nH]1. The van der Waals surface area contributed by atoms with Crippen molar-refractivity contribution in [2.24, 2.45) is 10.8 Å². The molecule has 3 heteroatoms. The molecule has 0 radical (unpaired) electrons. The molecule has 15 heavy (non-hydrogen) atoms. The third-order valence-corrected chi connectivity index (χ3v) is 4.43. The molecule has 1 aliphatic rings. The van der Waals surface area contributed by atoms with E-state index >= 15 is 0 Å². The van der Waals surface area contributed by atoms with Gasteiger partial charge < -0.3 is 5.32 Å². The monoisotopic (exact) mass is 207 g/mol. The van der Waals surface area contributed by atoms with Crippen molar-refractivity contribution in [1.82, 2.24) is 15.5 Å². The molecule has 1 aromatic rings. The van der Waals surface area contributed by atoms with Gasteiger partial charge in [-0.1, -0.05) is 27.7 Å². The van der Waals surface area contributed by atoms with E-state index in [0.717, 1.165) is 5.69 Å². The Morgan fingerprint density at radius 2 is 1.93 bits per heavy atom. The first-order valence-electron chi connectivity index (χ1n) is 5.62. The van der Waals surface area contributed by atoms with Crippen molar-refractivity contribution in [3.63, 3.8) is 0 Å². The minimum Gasteiger partial charge on any atom is -0.305 e. The van der Waals surface area contributed by atoms with E-state index in [2.05, 4.69) is 50.1 Å². The van der Waals surface area contributed by atoms with E-state index in [1.807, 2.05) is 6.07 Å². The lowest BCUT2D eigenvalue weighted by molar-refractivity contribution is 0.457. The summed E-state index contributed by atoms with van der Waals surface area (Å²) in [6.07, 6.45) is 1.80. The van der Waals surface area contributed by atoms with Crippen LogP contribution in [0.4, 0.5) is 0 Å². The van der Waals surface area contributed by atoms with Crippen LogP contribution >= 0.6 is 0 Å². The highest BCUT2D eigenvalue weighted by Gasteiger charge is 2.64. The van der Waals surface area contributed by atoms with Crippen molar-refractivity contribution in [3.8, 4) is 0 Å². The first kappa shape index (κ1) is 10.7. The van der Waals surface area contributed by atoms with E-state index in [0.29, 0.717) is 22.9 Å². The lowest BCUT2D eigenvalue weighted by Gasteiger charge is -2.13. The van der Waals surface area contributed by atoms with Gasteiger partial charge in [0.25, 0.3) is 0 Å². The van der Waals surface area contributed by atoms with Crippen LogP contribution in [0.3, 0.4) is 0 Å². The molecule has 84 valence electrons. The summed E-state index contributed by atoms with van der Waals surface area (Å²) in [5, 5.41) is 10.7. The summed E-state index contributed by atoms with van der Waals surface area (Å²) < 4.78 is 0. The van der Waals surface area contributed by atoms with Crippen molar-refractivity contribution in [1.29, 1.82) is 0 Å². The lowest BCUT2D eigenvalue weighted by Crippen LogP contribution is -2.26. The van der Waals surface area contributed by atoms with Crippen molar-refractivity contribution in [3.05, 3.63) is 18.0 Å². The van der Waals surface area contributed by atoms with E-state index in [9.17, 15) is 0 Å². The van der Waals surface area contributed by atoms with Crippen LogP contribution in [0, 0.1) is 10.8 Å². The Kier molecular flexibility index (Phi) is 2.19. The molecule has 1 aromatic heterocycles. The Morgan fingerprint density at radius 1 is 1.33 bits per heavy atom. The molecule has 1 aliphatic carbocycles. The largest absolute Gasteiger partial charge is 0.305 e. The average Bonchev–Trinajstić information content (AvgIpc) is 2.65. The van der Waals surface area contributed by atoms with Crippen LogP contribution in [-0.2, 0) is 0 Å². The first-order valence-corrected chi connectivity index (χ1v) is 5.62. The van der Waals surface area contributed by atoms with Gasteiger partial charge in [0.2, 0.25) is 0 Å². The zero-order valence-corrected chi connectivity index (χ0v) is 10.3. The second-order valence-corrected chi connectivity index (χ2v) is 5.78. The predicted molar refractivity (Wildman–Crippen MR) is 61.5 cm³/mol. The van der Waals surface area contributed by atoms with Crippen molar-refractivity contribution < 1.29 is 0 Å². The summed E-state index contributed by atoms with van der Waals surface area (Å²) in [6.45, 7) is 11.5. The number of hydrogen-bond acceptors (Lipinski definition) is 2. The second-order valence-electron chi connectivity index (χ2n) is 5.78. The number of H-pyrrole nitrogens is 1. The smallest absolute Gasteiger partial charge is 0.0518 e. The maximum atomic E-state index is 3.98. The molecule has 1 atom stereocenters. The van der Waals surface area contributed by atoms with Gasteiger partial charge in [0.15, 0.2) is 0 Å².